The quantitative estimate of drug-likeness (QED) is 0.557. The van der Waals surface area contributed by atoms with Crippen LogP contribution in [0, 0.1) is 11.2 Å². The van der Waals surface area contributed by atoms with Crippen molar-refractivity contribution in [3.05, 3.63) is 30.1 Å². The Morgan fingerprint density at radius 1 is 1.29 bits per heavy atom. The molecule has 9 heteroatoms. The Labute approximate surface area is 176 Å². The normalized spacial score (nSPS) is 16.5. The number of methoxy groups -OCH3 is 1. The molecule has 1 aromatic carbocycles. The number of hydrogen-bond donors (Lipinski definition) is 3. The zero-order valence-corrected chi connectivity index (χ0v) is 17.9. The van der Waals surface area contributed by atoms with E-state index in [2.05, 4.69) is 16.0 Å². The highest BCUT2D eigenvalue weighted by Crippen LogP contribution is 2.28. The van der Waals surface area contributed by atoms with Crippen LogP contribution in [0.25, 0.3) is 0 Å². The second kappa shape index (κ2) is 12.3. The molecule has 2 amide bonds. The summed E-state index contributed by atoms with van der Waals surface area (Å²) in [5.74, 6) is -0.504. The average Bonchev–Trinajstić information content (AvgIpc) is 2.67. The van der Waals surface area contributed by atoms with Crippen LogP contribution in [0.1, 0.15) is 19.8 Å². The summed E-state index contributed by atoms with van der Waals surface area (Å²) < 4.78 is 18.2. The number of ether oxygens (including phenoxy) is 1. The minimum Gasteiger partial charge on any atom is -0.384 e. The topological polar surface area (TPSA) is 79.5 Å². The zero-order valence-electron chi connectivity index (χ0n) is 16.3. The van der Waals surface area contributed by atoms with Crippen LogP contribution < -0.4 is 16.0 Å². The summed E-state index contributed by atoms with van der Waals surface area (Å²) in [6, 6.07) is 5.58. The van der Waals surface area contributed by atoms with Gasteiger partial charge in [-0.3, -0.25) is 9.59 Å². The van der Waals surface area contributed by atoms with E-state index in [4.69, 9.17) is 4.74 Å². The van der Waals surface area contributed by atoms with Crippen molar-refractivity contribution in [3.8, 4) is 0 Å². The largest absolute Gasteiger partial charge is 0.384 e. The second-order valence-corrected chi connectivity index (χ2v) is 8.24. The molecule has 0 spiro atoms. The fraction of sp³-hybridized carbons (Fsp3) is 0.579. The summed E-state index contributed by atoms with van der Waals surface area (Å²) in [5, 5.41) is 8.69. The smallest absolute Gasteiger partial charge is 0.234 e. The zero-order chi connectivity index (χ0) is 19.7. The number of rotatable bonds is 9. The first-order chi connectivity index (χ1) is 12.9. The third-order valence-corrected chi connectivity index (χ3v) is 5.86. The second-order valence-electron chi connectivity index (χ2n) is 6.91. The fourth-order valence-corrected chi connectivity index (χ4v) is 3.77. The molecule has 2 rings (SSSR count). The van der Waals surface area contributed by atoms with Crippen LogP contribution in [-0.4, -0.2) is 56.2 Å². The highest BCUT2D eigenvalue weighted by atomic mass is 35.5. The molecule has 6 nitrogen and oxygen atoms in total. The maximum absolute atomic E-state index is 12.9. The number of amides is 2. The lowest BCUT2D eigenvalue weighted by Gasteiger charge is -2.37. The molecule has 1 unspecified atom stereocenters. The van der Waals surface area contributed by atoms with E-state index in [9.17, 15) is 14.0 Å². The van der Waals surface area contributed by atoms with Crippen molar-refractivity contribution >= 4 is 41.7 Å². The molecule has 1 atom stereocenters. The molecule has 1 aromatic rings. The predicted octanol–water partition coefficient (Wildman–Crippen LogP) is 2.44. The number of halogens is 2. The third-order valence-electron chi connectivity index (χ3n) is 4.71. The van der Waals surface area contributed by atoms with E-state index in [0.717, 1.165) is 25.9 Å². The highest BCUT2D eigenvalue weighted by molar-refractivity contribution is 8.01. The van der Waals surface area contributed by atoms with Crippen molar-refractivity contribution in [1.29, 1.82) is 0 Å². The molecule has 0 bridgehead atoms. The van der Waals surface area contributed by atoms with Gasteiger partial charge in [-0.15, -0.1) is 24.2 Å². The molecule has 1 fully saturated rings. The van der Waals surface area contributed by atoms with Gasteiger partial charge in [0.2, 0.25) is 11.8 Å². The van der Waals surface area contributed by atoms with E-state index in [0.29, 0.717) is 18.8 Å². The third kappa shape index (κ3) is 7.95. The maximum atomic E-state index is 12.9. The first-order valence-electron chi connectivity index (χ1n) is 9.08. The number of benzene rings is 1. The van der Waals surface area contributed by atoms with Gasteiger partial charge in [0.15, 0.2) is 0 Å². The van der Waals surface area contributed by atoms with Crippen LogP contribution in [0.2, 0.25) is 0 Å². The van der Waals surface area contributed by atoms with Gasteiger partial charge in [-0.2, -0.15) is 0 Å². The molecular formula is C19H29ClFN3O3S. The molecular weight excluding hydrogens is 405 g/mol. The lowest BCUT2D eigenvalue weighted by molar-refractivity contribution is -0.121. The Morgan fingerprint density at radius 2 is 1.93 bits per heavy atom. The standard InChI is InChI=1S/C19H28FN3O3S.ClH/c1-14(27-11-17(24)23-16-5-3-15(20)4-6-16)18(25)22-12-19(13-26-2)7-9-21-10-8-19;/h3-6,14,21H,7-13H2,1-2H3,(H,22,25)(H,23,24);1H. The minimum absolute atomic E-state index is 0. The van der Waals surface area contributed by atoms with Gasteiger partial charge in [0.1, 0.15) is 5.82 Å². The fourth-order valence-electron chi connectivity index (χ4n) is 3.06. The van der Waals surface area contributed by atoms with E-state index in [1.807, 2.05) is 0 Å². The first kappa shape index (κ1) is 24.7. The van der Waals surface area contributed by atoms with Crippen LogP contribution >= 0.6 is 24.2 Å². The van der Waals surface area contributed by atoms with Crippen LogP contribution in [0.3, 0.4) is 0 Å². The van der Waals surface area contributed by atoms with Crippen molar-refractivity contribution in [2.45, 2.75) is 25.0 Å². The molecule has 1 aliphatic heterocycles. The molecule has 0 aromatic heterocycles. The van der Waals surface area contributed by atoms with E-state index in [1.54, 1.807) is 14.0 Å². The van der Waals surface area contributed by atoms with Crippen LogP contribution in [0.4, 0.5) is 10.1 Å². The monoisotopic (exact) mass is 433 g/mol. The average molecular weight is 434 g/mol. The summed E-state index contributed by atoms with van der Waals surface area (Å²) in [6.07, 6.45) is 1.92. The van der Waals surface area contributed by atoms with Crippen molar-refractivity contribution in [1.82, 2.24) is 10.6 Å². The van der Waals surface area contributed by atoms with Gasteiger partial charge in [-0.05, 0) is 57.1 Å². The lowest BCUT2D eigenvalue weighted by atomic mass is 9.79. The maximum Gasteiger partial charge on any atom is 0.234 e. The van der Waals surface area contributed by atoms with Gasteiger partial charge in [-0.1, -0.05) is 0 Å². The van der Waals surface area contributed by atoms with Crippen molar-refractivity contribution in [2.75, 3.05) is 44.4 Å². The summed E-state index contributed by atoms with van der Waals surface area (Å²) in [6.45, 7) is 4.83. The number of nitrogens with one attached hydrogen (secondary N) is 3. The summed E-state index contributed by atoms with van der Waals surface area (Å²) in [4.78, 5) is 24.4. The predicted molar refractivity (Wildman–Crippen MR) is 114 cm³/mol. The van der Waals surface area contributed by atoms with Crippen molar-refractivity contribution in [2.24, 2.45) is 5.41 Å². The van der Waals surface area contributed by atoms with Gasteiger partial charge in [0, 0.05) is 24.8 Å². The Bertz CT molecular complexity index is 622. The summed E-state index contributed by atoms with van der Waals surface area (Å²) in [7, 11) is 1.68. The van der Waals surface area contributed by atoms with Gasteiger partial charge in [0.25, 0.3) is 0 Å². The number of piperidine rings is 1. The molecule has 1 aliphatic rings. The molecule has 1 saturated heterocycles. The molecule has 1 heterocycles. The lowest BCUT2D eigenvalue weighted by Crippen LogP contribution is -2.48. The van der Waals surface area contributed by atoms with Gasteiger partial charge in [0.05, 0.1) is 17.6 Å². The van der Waals surface area contributed by atoms with Gasteiger partial charge < -0.3 is 20.7 Å². The van der Waals surface area contributed by atoms with E-state index >= 15 is 0 Å². The number of hydrogen-bond acceptors (Lipinski definition) is 5. The van der Waals surface area contributed by atoms with E-state index in [1.165, 1.54) is 36.0 Å². The van der Waals surface area contributed by atoms with Crippen LogP contribution in [-0.2, 0) is 14.3 Å². The minimum atomic E-state index is -0.354. The summed E-state index contributed by atoms with van der Waals surface area (Å²) in [5.41, 5.74) is 0.506. The Kier molecular flexibility index (Phi) is 10.8. The van der Waals surface area contributed by atoms with E-state index < -0.39 is 0 Å². The molecule has 0 aliphatic carbocycles. The number of carbonyl (C=O) groups excluding carboxylic acids is 2. The van der Waals surface area contributed by atoms with Crippen molar-refractivity contribution < 1.29 is 18.7 Å². The highest BCUT2D eigenvalue weighted by Gasteiger charge is 2.33. The Hall–Kier alpha value is -1.35. The molecule has 158 valence electrons. The summed E-state index contributed by atoms with van der Waals surface area (Å²) >= 11 is 1.27. The number of carbonyl (C=O) groups is 2. The van der Waals surface area contributed by atoms with Crippen LogP contribution in [0.5, 0.6) is 0 Å². The first-order valence-corrected chi connectivity index (χ1v) is 10.1. The van der Waals surface area contributed by atoms with Gasteiger partial charge in [-0.25, -0.2) is 4.39 Å². The molecule has 0 saturated carbocycles. The SMILES string of the molecule is COCC1(CNC(=O)C(C)SCC(=O)Nc2ccc(F)cc2)CCNCC1.Cl. The Morgan fingerprint density at radius 3 is 2.54 bits per heavy atom. The number of anilines is 1. The van der Waals surface area contributed by atoms with Crippen molar-refractivity contribution in [3.63, 3.8) is 0 Å². The van der Waals surface area contributed by atoms with Crippen LogP contribution in [0.15, 0.2) is 24.3 Å². The van der Waals surface area contributed by atoms with Gasteiger partial charge >= 0.3 is 0 Å². The number of thioether (sulfide) groups is 1. The Balaban J connectivity index is 0.00000392. The van der Waals surface area contributed by atoms with E-state index in [-0.39, 0.29) is 46.5 Å². The molecule has 0 radical (unpaired) electrons. The molecule has 28 heavy (non-hydrogen) atoms. The molecule has 3 N–H and O–H groups in total.